The first-order chi connectivity index (χ1) is 9.59. The average molecular weight is 304 g/mol. The van der Waals surface area contributed by atoms with E-state index in [1.54, 1.807) is 0 Å². The van der Waals surface area contributed by atoms with Crippen LogP contribution in [0.4, 0.5) is 0 Å². The first kappa shape index (κ1) is 18.0. The van der Waals surface area contributed by atoms with Crippen molar-refractivity contribution in [1.82, 2.24) is 5.32 Å². The summed E-state index contributed by atoms with van der Waals surface area (Å²) in [7, 11) is -2.75. The average Bonchev–Trinajstić information content (AvgIpc) is 2.77. The van der Waals surface area contributed by atoms with Gasteiger partial charge in [-0.15, -0.1) is 0 Å². The van der Waals surface area contributed by atoms with Crippen molar-refractivity contribution in [1.29, 1.82) is 0 Å². The molecule has 2 unspecified atom stereocenters. The number of hydrogen-bond donors (Lipinski definition) is 1. The van der Waals surface area contributed by atoms with E-state index in [0.717, 1.165) is 25.8 Å². The van der Waals surface area contributed by atoms with Gasteiger partial charge in [-0.1, -0.05) is 52.4 Å². The van der Waals surface area contributed by atoms with Crippen LogP contribution in [0.3, 0.4) is 0 Å². The molecule has 1 fully saturated rings. The van der Waals surface area contributed by atoms with E-state index in [-0.39, 0.29) is 0 Å². The molecule has 0 aromatic carbocycles. The van der Waals surface area contributed by atoms with Crippen molar-refractivity contribution in [3.63, 3.8) is 0 Å². The first-order valence-electron chi connectivity index (χ1n) is 8.53. The summed E-state index contributed by atoms with van der Waals surface area (Å²) in [6, 6.07) is 0.415. The molecule has 0 saturated carbocycles. The summed E-state index contributed by atoms with van der Waals surface area (Å²) < 4.78 is 23.3. The van der Waals surface area contributed by atoms with Gasteiger partial charge in [-0.2, -0.15) is 0 Å². The van der Waals surface area contributed by atoms with Crippen molar-refractivity contribution in [3.05, 3.63) is 0 Å². The molecule has 20 heavy (non-hydrogen) atoms. The molecule has 0 amide bonds. The van der Waals surface area contributed by atoms with Crippen molar-refractivity contribution in [3.8, 4) is 0 Å². The SMILES string of the molecule is CCCCCCCCC(NCCC)C1CCS(=O)(=O)C1. The van der Waals surface area contributed by atoms with Gasteiger partial charge in [-0.25, -0.2) is 8.42 Å². The summed E-state index contributed by atoms with van der Waals surface area (Å²) in [6.45, 7) is 5.42. The Bertz CT molecular complexity index is 340. The Labute approximate surface area is 125 Å². The second-order valence-corrected chi connectivity index (χ2v) is 8.51. The predicted octanol–water partition coefficient (Wildman–Crippen LogP) is 3.54. The zero-order chi connectivity index (χ0) is 14.8. The Morgan fingerprint density at radius 1 is 1.05 bits per heavy atom. The van der Waals surface area contributed by atoms with Crippen molar-refractivity contribution in [2.75, 3.05) is 18.1 Å². The van der Waals surface area contributed by atoms with E-state index >= 15 is 0 Å². The van der Waals surface area contributed by atoms with Crippen molar-refractivity contribution >= 4 is 9.84 Å². The molecule has 1 rings (SSSR count). The van der Waals surface area contributed by atoms with Gasteiger partial charge in [0.05, 0.1) is 11.5 Å². The van der Waals surface area contributed by atoms with Gasteiger partial charge in [0.25, 0.3) is 0 Å². The molecule has 1 heterocycles. The van der Waals surface area contributed by atoms with Gasteiger partial charge >= 0.3 is 0 Å². The lowest BCUT2D eigenvalue weighted by atomic mass is 9.93. The zero-order valence-electron chi connectivity index (χ0n) is 13.4. The Morgan fingerprint density at radius 3 is 2.35 bits per heavy atom. The summed E-state index contributed by atoms with van der Waals surface area (Å²) >= 11 is 0. The maximum Gasteiger partial charge on any atom is 0.150 e. The molecule has 0 aromatic heterocycles. The van der Waals surface area contributed by atoms with Gasteiger partial charge < -0.3 is 5.32 Å². The number of unbranched alkanes of at least 4 members (excludes halogenated alkanes) is 5. The fourth-order valence-electron chi connectivity index (χ4n) is 3.12. The molecule has 2 atom stereocenters. The van der Waals surface area contributed by atoms with E-state index in [0.29, 0.717) is 23.5 Å². The van der Waals surface area contributed by atoms with Gasteiger partial charge in [0.1, 0.15) is 0 Å². The highest BCUT2D eigenvalue weighted by atomic mass is 32.2. The summed E-state index contributed by atoms with van der Waals surface area (Å²) in [5.74, 6) is 1.16. The molecule has 120 valence electrons. The number of rotatable bonds is 11. The Hall–Kier alpha value is -0.0900. The van der Waals surface area contributed by atoms with Crippen molar-refractivity contribution in [2.45, 2.75) is 77.7 Å². The fraction of sp³-hybridized carbons (Fsp3) is 1.00. The summed E-state index contributed by atoms with van der Waals surface area (Å²) in [5, 5.41) is 3.59. The Morgan fingerprint density at radius 2 is 1.75 bits per heavy atom. The van der Waals surface area contributed by atoms with Crippen molar-refractivity contribution < 1.29 is 8.42 Å². The molecular formula is C16H33NO2S. The van der Waals surface area contributed by atoms with Gasteiger partial charge in [0, 0.05) is 6.04 Å². The van der Waals surface area contributed by atoms with Gasteiger partial charge in [-0.05, 0) is 31.7 Å². The lowest BCUT2D eigenvalue weighted by molar-refractivity contribution is 0.350. The van der Waals surface area contributed by atoms with Gasteiger partial charge in [0.2, 0.25) is 0 Å². The Kier molecular flexibility index (Phi) is 8.78. The van der Waals surface area contributed by atoms with E-state index < -0.39 is 9.84 Å². The third kappa shape index (κ3) is 7.07. The molecule has 1 aliphatic heterocycles. The van der Waals surface area contributed by atoms with Gasteiger partial charge in [-0.3, -0.25) is 0 Å². The summed E-state index contributed by atoms with van der Waals surface area (Å²) in [6.07, 6.45) is 11.0. The van der Waals surface area contributed by atoms with Crippen LogP contribution >= 0.6 is 0 Å². The largest absolute Gasteiger partial charge is 0.314 e. The predicted molar refractivity (Wildman–Crippen MR) is 86.8 cm³/mol. The minimum absolute atomic E-state index is 0.349. The Balaban J connectivity index is 2.29. The zero-order valence-corrected chi connectivity index (χ0v) is 14.2. The van der Waals surface area contributed by atoms with E-state index in [1.165, 1.54) is 38.5 Å². The van der Waals surface area contributed by atoms with Crippen LogP contribution < -0.4 is 5.32 Å². The molecule has 1 N–H and O–H groups in total. The lowest BCUT2D eigenvalue weighted by Crippen LogP contribution is -2.37. The number of nitrogens with one attached hydrogen (secondary N) is 1. The van der Waals surface area contributed by atoms with Crippen LogP contribution in [0.2, 0.25) is 0 Å². The smallest absolute Gasteiger partial charge is 0.150 e. The fourth-order valence-corrected chi connectivity index (χ4v) is 5.00. The van der Waals surface area contributed by atoms with Crippen LogP contribution in [0.25, 0.3) is 0 Å². The standard InChI is InChI=1S/C16H33NO2S/c1-3-5-6-7-8-9-10-16(17-12-4-2)15-11-13-20(18,19)14-15/h15-17H,3-14H2,1-2H3. The second-order valence-electron chi connectivity index (χ2n) is 6.28. The number of hydrogen-bond acceptors (Lipinski definition) is 3. The first-order valence-corrected chi connectivity index (χ1v) is 10.3. The molecule has 1 saturated heterocycles. The summed E-state index contributed by atoms with van der Waals surface area (Å²) in [5.41, 5.74) is 0. The van der Waals surface area contributed by atoms with Crippen LogP contribution in [-0.2, 0) is 9.84 Å². The van der Waals surface area contributed by atoms with Crippen LogP contribution in [0.1, 0.15) is 71.6 Å². The maximum absolute atomic E-state index is 11.6. The normalized spacial score (nSPS) is 23.0. The van der Waals surface area contributed by atoms with Crippen LogP contribution in [-0.4, -0.2) is 32.5 Å². The molecule has 1 aliphatic rings. The highest BCUT2D eigenvalue weighted by Crippen LogP contribution is 2.25. The second kappa shape index (κ2) is 9.78. The molecule has 4 heteroatoms. The molecule has 0 aromatic rings. The molecule has 0 aliphatic carbocycles. The topological polar surface area (TPSA) is 46.2 Å². The van der Waals surface area contributed by atoms with Crippen LogP contribution in [0.15, 0.2) is 0 Å². The van der Waals surface area contributed by atoms with Gasteiger partial charge in [0.15, 0.2) is 9.84 Å². The molecule has 3 nitrogen and oxygen atoms in total. The van der Waals surface area contributed by atoms with Crippen LogP contribution in [0, 0.1) is 5.92 Å². The molecule has 0 radical (unpaired) electrons. The number of sulfone groups is 1. The maximum atomic E-state index is 11.6. The van der Waals surface area contributed by atoms with E-state index in [9.17, 15) is 8.42 Å². The molecular weight excluding hydrogens is 270 g/mol. The quantitative estimate of drug-likeness (QED) is 0.594. The van der Waals surface area contributed by atoms with Crippen molar-refractivity contribution in [2.24, 2.45) is 5.92 Å². The minimum Gasteiger partial charge on any atom is -0.314 e. The highest BCUT2D eigenvalue weighted by Gasteiger charge is 2.32. The van der Waals surface area contributed by atoms with E-state index in [2.05, 4.69) is 19.2 Å². The van der Waals surface area contributed by atoms with E-state index in [4.69, 9.17) is 0 Å². The summed E-state index contributed by atoms with van der Waals surface area (Å²) in [4.78, 5) is 0. The monoisotopic (exact) mass is 303 g/mol. The third-order valence-electron chi connectivity index (χ3n) is 4.36. The van der Waals surface area contributed by atoms with E-state index in [1.807, 2.05) is 0 Å². The molecule has 0 bridgehead atoms. The molecule has 0 spiro atoms. The highest BCUT2D eigenvalue weighted by molar-refractivity contribution is 7.91. The lowest BCUT2D eigenvalue weighted by Gasteiger charge is -2.24. The minimum atomic E-state index is -2.75. The van der Waals surface area contributed by atoms with Crippen LogP contribution in [0.5, 0.6) is 0 Å². The third-order valence-corrected chi connectivity index (χ3v) is 6.16.